The highest BCUT2D eigenvalue weighted by Gasteiger charge is 2.31. The Bertz CT molecular complexity index is 275. The topological polar surface area (TPSA) is 113 Å². The summed E-state index contributed by atoms with van der Waals surface area (Å²) in [6.07, 6.45) is 0. The van der Waals surface area contributed by atoms with E-state index in [4.69, 9.17) is 15.9 Å². The van der Waals surface area contributed by atoms with Crippen molar-refractivity contribution in [2.45, 2.75) is 46.2 Å². The summed E-state index contributed by atoms with van der Waals surface area (Å²) in [7, 11) is 1.65. The molecule has 0 aromatic rings. The number of nitrogens with one attached hydrogen (secondary N) is 1. The zero-order valence-electron chi connectivity index (χ0n) is 12.0. The predicted octanol–water partition coefficient (Wildman–Crippen LogP) is 0.759. The van der Waals surface area contributed by atoms with Gasteiger partial charge in [0.25, 0.3) is 0 Å². The van der Waals surface area contributed by atoms with Crippen LogP contribution in [-0.4, -0.2) is 40.8 Å². The second-order valence-corrected chi connectivity index (χ2v) is 5.09. The van der Waals surface area contributed by atoms with Crippen molar-refractivity contribution in [1.29, 1.82) is 0 Å². The van der Waals surface area contributed by atoms with Gasteiger partial charge in [0.05, 0.1) is 0 Å². The molecule has 0 aliphatic carbocycles. The largest absolute Gasteiger partial charge is 0.480 e. The maximum Gasteiger partial charge on any atom is 0.323 e. The number of hydrogen-bond acceptors (Lipinski definition) is 4. The summed E-state index contributed by atoms with van der Waals surface area (Å²) in [5.41, 5.74) is 4.32. The molecule has 0 rings (SSSR count). The number of aliphatic carboxylic acids is 2. The molecular formula is C12H26N2O4. The monoisotopic (exact) mass is 262 g/mol. The molecule has 0 saturated heterocycles. The van der Waals surface area contributed by atoms with E-state index in [1.165, 1.54) is 6.92 Å². The van der Waals surface area contributed by atoms with Gasteiger partial charge in [-0.15, -0.1) is 0 Å². The fourth-order valence-electron chi connectivity index (χ4n) is 0.989. The molecule has 0 aromatic heterocycles. The van der Waals surface area contributed by atoms with E-state index in [-0.39, 0.29) is 11.8 Å². The van der Waals surface area contributed by atoms with E-state index in [9.17, 15) is 9.59 Å². The molecule has 108 valence electrons. The van der Waals surface area contributed by atoms with Crippen LogP contribution >= 0.6 is 0 Å². The third kappa shape index (κ3) is 6.56. The Hall–Kier alpha value is -1.14. The Morgan fingerprint density at radius 1 is 1.17 bits per heavy atom. The van der Waals surface area contributed by atoms with Gasteiger partial charge in [-0.1, -0.05) is 27.7 Å². The van der Waals surface area contributed by atoms with Crippen molar-refractivity contribution in [1.82, 2.24) is 5.32 Å². The first-order valence-electron chi connectivity index (χ1n) is 5.90. The number of rotatable bonds is 5. The molecule has 0 aliphatic heterocycles. The smallest absolute Gasteiger partial charge is 0.323 e. The van der Waals surface area contributed by atoms with Gasteiger partial charge in [0, 0.05) is 0 Å². The molecule has 6 nitrogen and oxygen atoms in total. The second kappa shape index (κ2) is 8.05. The fraction of sp³-hybridized carbons (Fsp3) is 0.833. The molecule has 18 heavy (non-hydrogen) atoms. The Labute approximate surface area is 109 Å². The van der Waals surface area contributed by atoms with Crippen LogP contribution in [0, 0.1) is 11.8 Å². The molecule has 0 bridgehead atoms. The third-order valence-electron chi connectivity index (χ3n) is 2.90. The lowest BCUT2D eigenvalue weighted by atomic mass is 9.90. The number of likely N-dealkylation sites (N-methyl/N-ethyl adjacent to an activating group) is 1. The fourth-order valence-corrected chi connectivity index (χ4v) is 0.989. The van der Waals surface area contributed by atoms with E-state index in [2.05, 4.69) is 5.32 Å². The van der Waals surface area contributed by atoms with Crippen molar-refractivity contribution in [3.63, 3.8) is 0 Å². The van der Waals surface area contributed by atoms with Gasteiger partial charge in [-0.25, -0.2) is 0 Å². The molecule has 0 amide bonds. The molecule has 6 heteroatoms. The van der Waals surface area contributed by atoms with Crippen LogP contribution in [0.4, 0.5) is 0 Å². The summed E-state index contributed by atoms with van der Waals surface area (Å²) >= 11 is 0. The van der Waals surface area contributed by atoms with Crippen molar-refractivity contribution < 1.29 is 19.8 Å². The highest BCUT2D eigenvalue weighted by Crippen LogP contribution is 2.11. The van der Waals surface area contributed by atoms with Crippen LogP contribution in [0.5, 0.6) is 0 Å². The predicted molar refractivity (Wildman–Crippen MR) is 70.4 cm³/mol. The van der Waals surface area contributed by atoms with E-state index >= 15 is 0 Å². The highest BCUT2D eigenvalue weighted by atomic mass is 16.4. The SMILES string of the molecule is CC(C)C(C)(N)C(=O)O.CN[C@H](C(=O)O)C(C)C. The molecule has 0 aliphatic rings. The summed E-state index contributed by atoms with van der Waals surface area (Å²) in [6, 6.07) is -0.412. The summed E-state index contributed by atoms with van der Waals surface area (Å²) in [5, 5.41) is 19.7. The lowest BCUT2D eigenvalue weighted by molar-refractivity contribution is -0.144. The zero-order chi connectivity index (χ0) is 15.1. The number of carboxylic acids is 2. The van der Waals surface area contributed by atoms with Crippen molar-refractivity contribution in [3.8, 4) is 0 Å². The Balaban J connectivity index is 0. The Morgan fingerprint density at radius 2 is 1.56 bits per heavy atom. The molecule has 1 unspecified atom stereocenters. The van der Waals surface area contributed by atoms with Gasteiger partial charge in [0.1, 0.15) is 11.6 Å². The number of hydrogen-bond donors (Lipinski definition) is 4. The summed E-state index contributed by atoms with van der Waals surface area (Å²) in [4.78, 5) is 20.6. The van der Waals surface area contributed by atoms with Gasteiger partial charge < -0.3 is 21.3 Å². The minimum absolute atomic E-state index is 0.0324. The molecule has 0 aromatic carbocycles. The van der Waals surface area contributed by atoms with Crippen LogP contribution in [0.15, 0.2) is 0 Å². The maximum atomic E-state index is 10.3. The van der Waals surface area contributed by atoms with Crippen molar-refractivity contribution in [2.75, 3.05) is 7.05 Å². The first kappa shape index (κ1) is 19.2. The van der Waals surface area contributed by atoms with Crippen LogP contribution < -0.4 is 11.1 Å². The molecular weight excluding hydrogens is 236 g/mol. The molecule has 0 spiro atoms. The third-order valence-corrected chi connectivity index (χ3v) is 2.90. The summed E-state index contributed by atoms with van der Waals surface area (Å²) in [6.45, 7) is 8.83. The van der Waals surface area contributed by atoms with Crippen molar-refractivity contribution in [2.24, 2.45) is 17.6 Å². The first-order chi connectivity index (χ1) is 7.98. The summed E-state index contributed by atoms with van der Waals surface area (Å²) < 4.78 is 0. The van der Waals surface area contributed by atoms with E-state index in [0.29, 0.717) is 0 Å². The summed E-state index contributed by atoms with van der Waals surface area (Å²) in [5.74, 6) is -1.62. The van der Waals surface area contributed by atoms with E-state index in [1.54, 1.807) is 20.9 Å². The molecule has 2 atom stereocenters. The minimum Gasteiger partial charge on any atom is -0.480 e. The molecule has 0 fully saturated rings. The van der Waals surface area contributed by atoms with Gasteiger partial charge in [-0.2, -0.15) is 0 Å². The second-order valence-electron chi connectivity index (χ2n) is 5.09. The molecule has 5 N–H and O–H groups in total. The number of carboxylic acid groups (broad SMARTS) is 2. The highest BCUT2D eigenvalue weighted by molar-refractivity contribution is 5.78. The Kier molecular flexibility index (Phi) is 8.59. The van der Waals surface area contributed by atoms with Gasteiger partial charge in [0.15, 0.2) is 0 Å². The lowest BCUT2D eigenvalue weighted by Gasteiger charge is -2.22. The van der Waals surface area contributed by atoms with Crippen molar-refractivity contribution >= 4 is 11.9 Å². The normalized spacial score (nSPS) is 15.6. The lowest BCUT2D eigenvalue weighted by Crippen LogP contribution is -2.49. The maximum absolute atomic E-state index is 10.3. The first-order valence-corrected chi connectivity index (χ1v) is 5.90. The molecule has 0 heterocycles. The Morgan fingerprint density at radius 3 is 1.56 bits per heavy atom. The van der Waals surface area contributed by atoms with Crippen LogP contribution in [-0.2, 0) is 9.59 Å². The van der Waals surface area contributed by atoms with Crippen molar-refractivity contribution in [3.05, 3.63) is 0 Å². The van der Waals surface area contributed by atoms with E-state index in [0.717, 1.165) is 0 Å². The van der Waals surface area contributed by atoms with E-state index < -0.39 is 23.5 Å². The standard InChI is InChI=1S/2C6H13NO2/c1-4(2)6(3,7)5(8)9;1-4(2)5(7-3)6(8)9/h4H,7H2,1-3H3,(H,8,9);4-5,7H,1-3H3,(H,8,9)/t;5-/m.0/s1. The van der Waals surface area contributed by atoms with Gasteiger partial charge >= 0.3 is 11.9 Å². The minimum atomic E-state index is -1.08. The zero-order valence-corrected chi connectivity index (χ0v) is 12.0. The quantitative estimate of drug-likeness (QED) is 0.582. The average molecular weight is 262 g/mol. The van der Waals surface area contributed by atoms with Gasteiger partial charge in [0.2, 0.25) is 0 Å². The average Bonchev–Trinajstić information content (AvgIpc) is 2.17. The van der Waals surface area contributed by atoms with Crippen LogP contribution in [0.2, 0.25) is 0 Å². The van der Waals surface area contributed by atoms with Crippen LogP contribution in [0.25, 0.3) is 0 Å². The molecule has 0 saturated carbocycles. The van der Waals surface area contributed by atoms with Crippen LogP contribution in [0.3, 0.4) is 0 Å². The van der Waals surface area contributed by atoms with Gasteiger partial charge in [-0.05, 0) is 25.8 Å². The van der Waals surface area contributed by atoms with Gasteiger partial charge in [-0.3, -0.25) is 9.59 Å². The molecule has 0 radical (unpaired) electrons. The van der Waals surface area contributed by atoms with E-state index in [1.807, 2.05) is 13.8 Å². The number of nitrogens with two attached hydrogens (primary N) is 1. The van der Waals surface area contributed by atoms with Crippen LogP contribution in [0.1, 0.15) is 34.6 Å². The number of carbonyl (C=O) groups is 2.